The Morgan fingerprint density at radius 1 is 1.19 bits per heavy atom. The molecule has 2 aliphatic heterocycles. The Balaban J connectivity index is 0.000000654. The minimum atomic E-state index is -0.501. The van der Waals surface area contributed by atoms with Gasteiger partial charge < -0.3 is 29.9 Å². The van der Waals surface area contributed by atoms with E-state index in [1.807, 2.05) is 26.8 Å². The van der Waals surface area contributed by atoms with Crippen LogP contribution in [0.5, 0.6) is 0 Å². The highest BCUT2D eigenvalue weighted by molar-refractivity contribution is 5.96. The zero-order chi connectivity index (χ0) is 23.6. The second-order valence-corrected chi connectivity index (χ2v) is 9.24. The highest BCUT2D eigenvalue weighted by Gasteiger charge is 2.24. The van der Waals surface area contributed by atoms with Crippen LogP contribution in [0.3, 0.4) is 0 Å². The quantitative estimate of drug-likeness (QED) is 0.508. The monoisotopic (exact) mass is 448 g/mol. The van der Waals surface area contributed by atoms with Crippen molar-refractivity contribution in [3.63, 3.8) is 0 Å². The summed E-state index contributed by atoms with van der Waals surface area (Å²) in [6.45, 7) is 14.5. The minimum Gasteiger partial charge on any atom is -0.468 e. The first-order valence-electron chi connectivity index (χ1n) is 11.6. The normalized spacial score (nSPS) is 17.7. The summed E-state index contributed by atoms with van der Waals surface area (Å²) in [5.41, 5.74) is 2.19. The van der Waals surface area contributed by atoms with E-state index in [1.165, 1.54) is 5.69 Å². The standard InChI is InChI=1S/C21H34N4O2.C3H6O2/c1-21(2,3)27-20(26)18-6-5-17(25-13-11-24(4)12-14-25)15-19(18)23-16-7-9-22-10-8-16;1-2-5-3-4/h5-6,15-16,22-23H,7-14H2,1-4H3;3H,2H2,1H3. The second kappa shape index (κ2) is 12.6. The predicted molar refractivity (Wildman–Crippen MR) is 129 cm³/mol. The number of hydrogen-bond donors (Lipinski definition) is 2. The molecule has 2 N–H and O–H groups in total. The lowest BCUT2D eigenvalue weighted by Crippen LogP contribution is -2.44. The predicted octanol–water partition coefficient (Wildman–Crippen LogP) is 2.74. The van der Waals surface area contributed by atoms with Crippen molar-refractivity contribution < 1.29 is 19.1 Å². The molecule has 1 aromatic rings. The summed E-state index contributed by atoms with van der Waals surface area (Å²) in [6, 6.07) is 6.49. The molecule has 8 heteroatoms. The molecule has 0 amide bonds. The third-order valence-corrected chi connectivity index (χ3v) is 5.42. The van der Waals surface area contributed by atoms with Crippen LogP contribution in [-0.2, 0) is 14.3 Å². The van der Waals surface area contributed by atoms with E-state index >= 15 is 0 Å². The Morgan fingerprint density at radius 3 is 2.38 bits per heavy atom. The zero-order valence-corrected chi connectivity index (χ0v) is 20.3. The molecule has 0 saturated carbocycles. The second-order valence-electron chi connectivity index (χ2n) is 9.24. The van der Waals surface area contributed by atoms with Gasteiger partial charge in [-0.2, -0.15) is 0 Å². The van der Waals surface area contributed by atoms with Gasteiger partial charge in [0, 0.05) is 37.9 Å². The van der Waals surface area contributed by atoms with Gasteiger partial charge in [0.15, 0.2) is 0 Å². The average Bonchev–Trinajstić information content (AvgIpc) is 2.75. The molecule has 0 unspecified atom stereocenters. The number of benzene rings is 1. The van der Waals surface area contributed by atoms with Crippen molar-refractivity contribution >= 4 is 23.8 Å². The number of piperazine rings is 1. The SMILES string of the molecule is CCOC=O.CN1CCN(c2ccc(C(=O)OC(C)(C)C)c(NC3CCNCC3)c2)CC1. The number of carbonyl (C=O) groups excluding carboxylic acids is 2. The summed E-state index contributed by atoms with van der Waals surface area (Å²) in [6.07, 6.45) is 2.12. The zero-order valence-electron chi connectivity index (χ0n) is 20.3. The number of rotatable bonds is 6. The number of carbonyl (C=O) groups is 2. The summed E-state index contributed by atoms with van der Waals surface area (Å²) >= 11 is 0. The third-order valence-electron chi connectivity index (χ3n) is 5.42. The Labute approximate surface area is 192 Å². The van der Waals surface area contributed by atoms with Gasteiger partial charge in [0.25, 0.3) is 6.47 Å². The number of nitrogens with one attached hydrogen (secondary N) is 2. The van der Waals surface area contributed by atoms with Crippen LogP contribution in [0.1, 0.15) is 50.9 Å². The lowest BCUT2D eigenvalue weighted by molar-refractivity contribution is -0.128. The van der Waals surface area contributed by atoms with E-state index in [9.17, 15) is 9.59 Å². The van der Waals surface area contributed by atoms with Crippen molar-refractivity contribution in [2.24, 2.45) is 0 Å². The van der Waals surface area contributed by atoms with Gasteiger partial charge >= 0.3 is 5.97 Å². The average molecular weight is 449 g/mol. The van der Waals surface area contributed by atoms with Gasteiger partial charge in [0.2, 0.25) is 0 Å². The fraction of sp³-hybridized carbons (Fsp3) is 0.667. The largest absolute Gasteiger partial charge is 0.468 e. The van der Waals surface area contributed by atoms with Gasteiger partial charge in [0.05, 0.1) is 17.9 Å². The molecule has 8 nitrogen and oxygen atoms in total. The van der Waals surface area contributed by atoms with Crippen molar-refractivity contribution in [3.8, 4) is 0 Å². The van der Waals surface area contributed by atoms with Crippen molar-refractivity contribution in [2.45, 2.75) is 52.2 Å². The van der Waals surface area contributed by atoms with E-state index in [0.29, 0.717) is 24.7 Å². The number of piperidine rings is 1. The molecule has 2 fully saturated rings. The molecule has 0 atom stereocenters. The number of hydrogen-bond acceptors (Lipinski definition) is 8. The van der Waals surface area contributed by atoms with Crippen LogP contribution in [0.4, 0.5) is 11.4 Å². The fourth-order valence-electron chi connectivity index (χ4n) is 3.68. The lowest BCUT2D eigenvalue weighted by atomic mass is 10.0. The topological polar surface area (TPSA) is 83.1 Å². The van der Waals surface area contributed by atoms with E-state index in [4.69, 9.17) is 4.74 Å². The van der Waals surface area contributed by atoms with Gasteiger partial charge in [0.1, 0.15) is 5.60 Å². The molecule has 180 valence electrons. The van der Waals surface area contributed by atoms with Crippen LogP contribution in [-0.4, -0.2) is 81.9 Å². The van der Waals surface area contributed by atoms with Crippen LogP contribution in [0.15, 0.2) is 18.2 Å². The van der Waals surface area contributed by atoms with E-state index in [-0.39, 0.29) is 5.97 Å². The Bertz CT molecular complexity index is 721. The molecule has 1 aromatic carbocycles. The maximum Gasteiger partial charge on any atom is 0.340 e. The summed E-state index contributed by atoms with van der Waals surface area (Å²) < 4.78 is 9.79. The molecule has 3 rings (SSSR count). The number of nitrogens with zero attached hydrogens (tertiary/aromatic N) is 2. The maximum absolute atomic E-state index is 12.8. The van der Waals surface area contributed by atoms with Gasteiger partial charge in [-0.15, -0.1) is 0 Å². The Hall–Kier alpha value is -2.32. The summed E-state index contributed by atoms with van der Waals surface area (Å²) in [7, 11) is 2.16. The Kier molecular flexibility index (Phi) is 10.3. The number of anilines is 2. The number of likely N-dealkylation sites (N-methyl/N-ethyl adjacent to an activating group) is 1. The molecule has 0 aliphatic carbocycles. The van der Waals surface area contributed by atoms with Crippen LogP contribution >= 0.6 is 0 Å². The molecule has 0 spiro atoms. The van der Waals surface area contributed by atoms with E-state index in [0.717, 1.165) is 57.8 Å². The fourth-order valence-corrected chi connectivity index (χ4v) is 3.68. The summed E-state index contributed by atoms with van der Waals surface area (Å²) in [5.74, 6) is -0.260. The molecule has 2 aliphatic rings. The molecule has 0 bridgehead atoms. The van der Waals surface area contributed by atoms with Crippen LogP contribution in [0, 0.1) is 0 Å². The molecular weight excluding hydrogens is 408 g/mol. The molecule has 0 aromatic heterocycles. The first kappa shape index (κ1) is 25.9. The molecule has 32 heavy (non-hydrogen) atoms. The van der Waals surface area contributed by atoms with Crippen LogP contribution in [0.25, 0.3) is 0 Å². The van der Waals surface area contributed by atoms with Crippen LogP contribution < -0.4 is 15.5 Å². The van der Waals surface area contributed by atoms with Crippen LogP contribution in [0.2, 0.25) is 0 Å². The van der Waals surface area contributed by atoms with Crippen molar-refractivity contribution in [2.75, 3.05) is 63.1 Å². The van der Waals surface area contributed by atoms with E-state index in [1.54, 1.807) is 6.92 Å². The van der Waals surface area contributed by atoms with Gasteiger partial charge in [-0.05, 0) is 78.9 Å². The maximum atomic E-state index is 12.8. The smallest absolute Gasteiger partial charge is 0.340 e. The van der Waals surface area contributed by atoms with Crippen molar-refractivity contribution in [1.29, 1.82) is 0 Å². The number of esters is 1. The molecule has 2 heterocycles. The first-order valence-corrected chi connectivity index (χ1v) is 11.6. The van der Waals surface area contributed by atoms with Crippen molar-refractivity contribution in [3.05, 3.63) is 23.8 Å². The molecular formula is C24H40N4O4. The first-order chi connectivity index (χ1) is 15.2. The van der Waals surface area contributed by atoms with Gasteiger partial charge in [-0.3, -0.25) is 4.79 Å². The lowest BCUT2D eigenvalue weighted by Gasteiger charge is -2.34. The highest BCUT2D eigenvalue weighted by atomic mass is 16.6. The van der Waals surface area contributed by atoms with Gasteiger partial charge in [-0.25, -0.2) is 4.79 Å². The van der Waals surface area contributed by atoms with E-state index in [2.05, 4.69) is 44.4 Å². The Morgan fingerprint density at radius 2 is 1.84 bits per heavy atom. The molecule has 2 saturated heterocycles. The molecule has 0 radical (unpaired) electrons. The highest BCUT2D eigenvalue weighted by Crippen LogP contribution is 2.28. The summed E-state index contributed by atoms with van der Waals surface area (Å²) in [4.78, 5) is 26.7. The summed E-state index contributed by atoms with van der Waals surface area (Å²) in [5, 5.41) is 7.02. The number of ether oxygens (including phenoxy) is 2. The van der Waals surface area contributed by atoms with E-state index < -0.39 is 5.60 Å². The minimum absolute atomic E-state index is 0.260. The van der Waals surface area contributed by atoms with Gasteiger partial charge in [-0.1, -0.05) is 0 Å². The third kappa shape index (κ3) is 8.67. The van der Waals surface area contributed by atoms with Crippen molar-refractivity contribution in [1.82, 2.24) is 10.2 Å².